The molecule has 0 radical (unpaired) electrons. The largest absolute Gasteiger partial charge is 0.426 e. The third-order valence-corrected chi connectivity index (χ3v) is 2.35. The van der Waals surface area contributed by atoms with Crippen molar-refractivity contribution in [2.24, 2.45) is 0 Å². The molecule has 0 spiro atoms. The van der Waals surface area contributed by atoms with Crippen LogP contribution in [-0.4, -0.2) is 10.5 Å². The molecule has 5 heteroatoms. The number of hydrogen-bond donors (Lipinski definition) is 0. The summed E-state index contributed by atoms with van der Waals surface area (Å²) < 4.78 is 6.67. The molecule has 2 aromatic rings. The van der Waals surface area contributed by atoms with Crippen molar-refractivity contribution in [1.82, 2.24) is 4.57 Å². The number of carbonyl (C=O) groups is 1. The van der Waals surface area contributed by atoms with Crippen molar-refractivity contribution in [3.8, 4) is 0 Å². The predicted molar refractivity (Wildman–Crippen MR) is 54.5 cm³/mol. The fourth-order valence-electron chi connectivity index (χ4n) is 1.29. The van der Waals surface area contributed by atoms with Gasteiger partial charge in [0.1, 0.15) is 0 Å². The molecule has 72 valence electrons. The van der Waals surface area contributed by atoms with Gasteiger partial charge in [-0.2, -0.15) is 0 Å². The Morgan fingerprint density at radius 3 is 2.86 bits per heavy atom. The van der Waals surface area contributed by atoms with Crippen molar-refractivity contribution in [2.75, 3.05) is 0 Å². The number of halogens is 1. The molecule has 0 aliphatic heterocycles. The molecule has 0 saturated heterocycles. The van der Waals surface area contributed by atoms with Gasteiger partial charge in [-0.25, -0.2) is 9.36 Å². The van der Waals surface area contributed by atoms with Gasteiger partial charge in [-0.15, -0.1) is 0 Å². The number of oxazole rings is 1. The van der Waals surface area contributed by atoms with E-state index < -0.39 is 5.76 Å². The highest BCUT2D eigenvalue weighted by molar-refractivity contribution is 9.10. The normalized spacial score (nSPS) is 10.7. The Bertz CT molecular complexity index is 567. The molecule has 1 aromatic carbocycles. The third-order valence-electron chi connectivity index (χ3n) is 1.86. The van der Waals surface area contributed by atoms with Crippen molar-refractivity contribution in [3.05, 3.63) is 33.2 Å². The summed E-state index contributed by atoms with van der Waals surface area (Å²) in [5.74, 6) is -1.00. The van der Waals surface area contributed by atoms with Crippen LogP contribution < -0.4 is 5.76 Å². The molecule has 0 N–H and O–H groups in total. The third kappa shape index (κ3) is 1.29. The number of benzene rings is 1. The number of hydrogen-bond acceptors (Lipinski definition) is 3. The zero-order chi connectivity index (χ0) is 10.3. The van der Waals surface area contributed by atoms with Crippen molar-refractivity contribution in [1.29, 1.82) is 0 Å². The van der Waals surface area contributed by atoms with Crippen LogP contribution in [0, 0.1) is 0 Å². The maximum atomic E-state index is 11.3. The summed E-state index contributed by atoms with van der Waals surface area (Å²) in [5, 5.41) is 0. The van der Waals surface area contributed by atoms with Crippen LogP contribution in [-0.2, 0) is 0 Å². The number of nitrogens with zero attached hydrogens (tertiary/aromatic N) is 1. The lowest BCUT2D eigenvalue weighted by Gasteiger charge is -1.94. The number of fused-ring (bicyclic) bond motifs is 1. The van der Waals surface area contributed by atoms with Crippen molar-refractivity contribution in [3.63, 3.8) is 0 Å². The first-order chi connectivity index (χ1) is 6.59. The number of rotatable bonds is 0. The lowest BCUT2D eigenvalue weighted by molar-refractivity contribution is 0.0933. The molecule has 0 bridgehead atoms. The summed E-state index contributed by atoms with van der Waals surface area (Å²) in [5.41, 5.74) is 0.894. The van der Waals surface area contributed by atoms with Gasteiger partial charge in [0.05, 0.1) is 5.52 Å². The van der Waals surface area contributed by atoms with E-state index in [4.69, 9.17) is 4.42 Å². The Morgan fingerprint density at radius 2 is 2.21 bits per heavy atom. The lowest BCUT2D eigenvalue weighted by atomic mass is 10.3. The lowest BCUT2D eigenvalue weighted by Crippen LogP contribution is -2.19. The van der Waals surface area contributed by atoms with Crippen LogP contribution in [0.4, 0.5) is 0 Å². The second-order valence-electron chi connectivity index (χ2n) is 2.83. The highest BCUT2D eigenvalue weighted by Crippen LogP contribution is 2.18. The minimum absolute atomic E-state index is 0.355. The van der Waals surface area contributed by atoms with Crippen LogP contribution in [0.25, 0.3) is 11.1 Å². The van der Waals surface area contributed by atoms with E-state index in [-0.39, 0.29) is 5.91 Å². The van der Waals surface area contributed by atoms with Crippen LogP contribution in [0.15, 0.2) is 31.9 Å². The molecule has 0 amide bonds. The van der Waals surface area contributed by atoms with Gasteiger partial charge >= 0.3 is 5.76 Å². The fourth-order valence-corrected chi connectivity index (χ4v) is 1.64. The van der Waals surface area contributed by atoms with Gasteiger partial charge in [0.25, 0.3) is 0 Å². The SMILES string of the molecule is CC(=O)n1c(=O)oc2ccc(Br)cc21. The van der Waals surface area contributed by atoms with Crippen LogP contribution >= 0.6 is 15.9 Å². The summed E-state index contributed by atoms with van der Waals surface area (Å²) in [6.07, 6.45) is 0. The maximum Gasteiger partial charge on any atom is 0.426 e. The van der Waals surface area contributed by atoms with Gasteiger partial charge in [0, 0.05) is 11.4 Å². The molecule has 1 heterocycles. The molecule has 0 atom stereocenters. The van der Waals surface area contributed by atoms with Crippen molar-refractivity contribution in [2.45, 2.75) is 6.92 Å². The quantitative estimate of drug-likeness (QED) is 0.724. The Labute approximate surface area is 87.3 Å². The van der Waals surface area contributed by atoms with Crippen LogP contribution in [0.3, 0.4) is 0 Å². The van der Waals surface area contributed by atoms with Gasteiger partial charge in [-0.05, 0) is 18.2 Å². The molecule has 2 rings (SSSR count). The van der Waals surface area contributed by atoms with Crippen LogP contribution in [0.5, 0.6) is 0 Å². The van der Waals surface area contributed by atoms with Gasteiger partial charge in [-0.1, -0.05) is 15.9 Å². The molecule has 14 heavy (non-hydrogen) atoms. The van der Waals surface area contributed by atoms with Gasteiger partial charge < -0.3 is 4.42 Å². The molecule has 0 unspecified atom stereocenters. The summed E-state index contributed by atoms with van der Waals surface area (Å²) in [6.45, 7) is 1.32. The van der Waals surface area contributed by atoms with Gasteiger partial charge in [0.15, 0.2) is 5.58 Å². The summed E-state index contributed by atoms with van der Waals surface area (Å²) >= 11 is 3.26. The van der Waals surface area contributed by atoms with E-state index in [2.05, 4.69) is 15.9 Å². The standard InChI is InChI=1S/C9H6BrNO3/c1-5(12)11-7-4-6(10)2-3-8(7)14-9(11)13/h2-4H,1H3. The van der Waals surface area contributed by atoms with E-state index in [1.54, 1.807) is 18.2 Å². The Kier molecular flexibility index (Phi) is 2.03. The maximum absolute atomic E-state index is 11.3. The number of aromatic nitrogens is 1. The molecule has 0 fully saturated rings. The predicted octanol–water partition coefficient (Wildman–Crippen LogP) is 2.02. The first kappa shape index (κ1) is 9.21. The first-order valence-electron chi connectivity index (χ1n) is 3.91. The van der Waals surface area contributed by atoms with Crippen LogP contribution in [0.1, 0.15) is 11.7 Å². The van der Waals surface area contributed by atoms with E-state index >= 15 is 0 Å². The topological polar surface area (TPSA) is 52.2 Å². The van der Waals surface area contributed by atoms with Crippen LogP contribution in [0.2, 0.25) is 0 Å². The average molecular weight is 256 g/mol. The van der Waals surface area contributed by atoms with E-state index in [1.807, 2.05) is 0 Å². The van der Waals surface area contributed by atoms with Crippen molar-refractivity contribution >= 4 is 32.9 Å². The first-order valence-corrected chi connectivity index (χ1v) is 4.71. The fraction of sp³-hybridized carbons (Fsp3) is 0.111. The minimum Gasteiger partial charge on any atom is -0.407 e. The van der Waals surface area contributed by atoms with Crippen molar-refractivity contribution < 1.29 is 9.21 Å². The summed E-state index contributed by atoms with van der Waals surface area (Å²) in [6, 6.07) is 5.05. The average Bonchev–Trinajstić information content (AvgIpc) is 2.40. The second-order valence-corrected chi connectivity index (χ2v) is 3.75. The molecular weight excluding hydrogens is 250 g/mol. The van der Waals surface area contributed by atoms with E-state index in [9.17, 15) is 9.59 Å². The van der Waals surface area contributed by atoms with Gasteiger partial charge in [-0.3, -0.25) is 4.79 Å². The molecule has 0 aliphatic carbocycles. The Balaban J connectivity index is 2.93. The van der Waals surface area contributed by atoms with E-state index in [0.717, 1.165) is 9.04 Å². The van der Waals surface area contributed by atoms with Gasteiger partial charge in [0.2, 0.25) is 5.91 Å². The highest BCUT2D eigenvalue weighted by Gasteiger charge is 2.12. The minimum atomic E-state index is -0.648. The van der Waals surface area contributed by atoms with E-state index in [1.165, 1.54) is 6.92 Å². The second kappa shape index (κ2) is 3.09. The van der Waals surface area contributed by atoms with E-state index in [0.29, 0.717) is 11.1 Å². The Morgan fingerprint density at radius 1 is 1.50 bits per heavy atom. The summed E-state index contributed by atoms with van der Waals surface area (Å²) in [7, 11) is 0. The molecule has 0 aliphatic rings. The monoisotopic (exact) mass is 255 g/mol. The highest BCUT2D eigenvalue weighted by atomic mass is 79.9. The molecule has 0 saturated carbocycles. The Hall–Kier alpha value is -1.36. The molecule has 1 aromatic heterocycles. The smallest absolute Gasteiger partial charge is 0.407 e. The number of carbonyl (C=O) groups excluding carboxylic acids is 1. The zero-order valence-electron chi connectivity index (χ0n) is 7.28. The zero-order valence-corrected chi connectivity index (χ0v) is 8.87. The molecule has 4 nitrogen and oxygen atoms in total. The molecular formula is C9H6BrNO3. The summed E-state index contributed by atoms with van der Waals surface area (Å²) in [4.78, 5) is 22.4.